The average molecular weight is 493 g/mol. The maximum Gasteiger partial charge on any atom is 0.308 e. The van der Waals surface area contributed by atoms with Crippen molar-refractivity contribution in [2.24, 2.45) is 0 Å². The van der Waals surface area contributed by atoms with E-state index in [-0.39, 0.29) is 24.7 Å². The predicted octanol–water partition coefficient (Wildman–Crippen LogP) is 5.45. The summed E-state index contributed by atoms with van der Waals surface area (Å²) in [6, 6.07) is 6.60. The molecule has 1 aliphatic heterocycles. The third-order valence-corrected chi connectivity index (χ3v) is 6.71. The molecule has 1 saturated heterocycles. The van der Waals surface area contributed by atoms with Crippen molar-refractivity contribution < 1.29 is 19.1 Å². The maximum atomic E-state index is 12.8. The number of halogens is 1. The summed E-state index contributed by atoms with van der Waals surface area (Å²) in [6.45, 7) is 3.38. The highest BCUT2D eigenvalue weighted by Gasteiger charge is 2.34. The van der Waals surface area contributed by atoms with E-state index in [4.69, 9.17) is 16.3 Å². The van der Waals surface area contributed by atoms with Gasteiger partial charge in [-0.25, -0.2) is 0 Å². The number of hydrogen-bond acceptors (Lipinski definition) is 4. The molecule has 0 aromatic heterocycles. The molecule has 1 aromatic rings. The lowest BCUT2D eigenvalue weighted by molar-refractivity contribution is -0.152. The second kappa shape index (κ2) is 16.5. The number of nitrogens with one attached hydrogen (secondary N) is 1. The standard InChI is InChI=1S/C27H41ClN2O4/c1-2-3-4-5-6-7-8-9-10-13-20-34-26(32)21-24-27(33)29-18-19-30(24)25(31)17-16-22-14-11-12-15-23(22)28/h11-12,14-15,24H,2-10,13,16-21H2,1H3,(H,29,33). The van der Waals surface area contributed by atoms with Crippen LogP contribution in [0.1, 0.15) is 89.5 Å². The van der Waals surface area contributed by atoms with Crippen LogP contribution in [0.2, 0.25) is 5.02 Å². The second-order valence-corrected chi connectivity index (χ2v) is 9.50. The van der Waals surface area contributed by atoms with E-state index < -0.39 is 12.0 Å². The molecule has 0 saturated carbocycles. The third kappa shape index (κ3) is 10.5. The SMILES string of the molecule is CCCCCCCCCCCCOC(=O)CC1C(=O)NCCN1C(=O)CCc1ccccc1Cl. The number of benzene rings is 1. The number of aryl methyl sites for hydroxylation is 1. The molecule has 2 amide bonds. The largest absolute Gasteiger partial charge is 0.466 e. The molecule has 1 atom stereocenters. The molecule has 0 radical (unpaired) electrons. The Morgan fingerprint density at radius 2 is 1.68 bits per heavy atom. The zero-order valence-corrected chi connectivity index (χ0v) is 21.4. The third-order valence-electron chi connectivity index (χ3n) is 6.34. The molecule has 1 fully saturated rings. The lowest BCUT2D eigenvalue weighted by Gasteiger charge is -2.34. The summed E-state index contributed by atoms with van der Waals surface area (Å²) in [5, 5.41) is 3.38. The van der Waals surface area contributed by atoms with Crippen LogP contribution in [-0.4, -0.2) is 48.4 Å². The summed E-state index contributed by atoms with van der Waals surface area (Å²) in [5.74, 6) is -0.877. The number of unbranched alkanes of at least 4 members (excludes halogenated alkanes) is 9. The van der Waals surface area contributed by atoms with Crippen molar-refractivity contribution >= 4 is 29.4 Å². The number of hydrogen-bond donors (Lipinski definition) is 1. The molecule has 0 aliphatic carbocycles. The van der Waals surface area contributed by atoms with Crippen molar-refractivity contribution in [1.82, 2.24) is 10.2 Å². The van der Waals surface area contributed by atoms with E-state index in [1.54, 1.807) is 6.07 Å². The van der Waals surface area contributed by atoms with Crippen LogP contribution >= 0.6 is 11.6 Å². The van der Waals surface area contributed by atoms with Crippen LogP contribution in [0.5, 0.6) is 0 Å². The molecule has 1 aliphatic rings. The molecule has 1 N–H and O–H groups in total. The van der Waals surface area contributed by atoms with Crippen LogP contribution < -0.4 is 5.32 Å². The smallest absolute Gasteiger partial charge is 0.308 e. The average Bonchev–Trinajstić information content (AvgIpc) is 2.83. The summed E-state index contributed by atoms with van der Waals surface area (Å²) in [6.07, 6.45) is 12.8. The Morgan fingerprint density at radius 3 is 2.35 bits per heavy atom. The fraction of sp³-hybridized carbons (Fsp3) is 0.667. The van der Waals surface area contributed by atoms with Gasteiger partial charge in [-0.15, -0.1) is 0 Å². The Morgan fingerprint density at radius 1 is 1.03 bits per heavy atom. The number of carbonyl (C=O) groups excluding carboxylic acids is 3. The number of rotatable bonds is 16. The predicted molar refractivity (Wildman–Crippen MR) is 136 cm³/mol. The van der Waals surface area contributed by atoms with E-state index in [1.165, 1.54) is 49.8 Å². The number of amides is 2. The van der Waals surface area contributed by atoms with Gasteiger partial charge in [-0.3, -0.25) is 14.4 Å². The Bertz CT molecular complexity index is 771. The monoisotopic (exact) mass is 492 g/mol. The minimum atomic E-state index is -0.812. The molecule has 0 bridgehead atoms. The van der Waals surface area contributed by atoms with Gasteiger partial charge in [-0.1, -0.05) is 94.5 Å². The molecule has 2 rings (SSSR count). The first-order chi connectivity index (χ1) is 16.5. The molecular weight excluding hydrogens is 452 g/mol. The zero-order valence-electron chi connectivity index (χ0n) is 20.7. The Balaban J connectivity index is 1.66. The Kier molecular flexibility index (Phi) is 13.7. The minimum absolute atomic E-state index is 0.110. The first kappa shape index (κ1) is 28.2. The van der Waals surface area contributed by atoms with Gasteiger partial charge in [0.15, 0.2) is 0 Å². The number of ether oxygens (including phenoxy) is 1. The number of nitrogens with zero attached hydrogens (tertiary/aromatic N) is 1. The fourth-order valence-electron chi connectivity index (χ4n) is 4.29. The summed E-state index contributed by atoms with van der Waals surface area (Å²) in [5.41, 5.74) is 0.895. The fourth-order valence-corrected chi connectivity index (χ4v) is 4.53. The van der Waals surface area contributed by atoms with Crippen molar-refractivity contribution in [2.75, 3.05) is 19.7 Å². The van der Waals surface area contributed by atoms with Crippen LogP contribution in [0.3, 0.4) is 0 Å². The molecule has 34 heavy (non-hydrogen) atoms. The van der Waals surface area contributed by atoms with E-state index in [0.717, 1.165) is 24.8 Å². The number of piperazine rings is 1. The first-order valence-corrected chi connectivity index (χ1v) is 13.4. The van der Waals surface area contributed by atoms with Gasteiger partial charge in [0.1, 0.15) is 6.04 Å². The maximum absolute atomic E-state index is 12.8. The molecule has 1 aromatic carbocycles. The Labute approximate surface area is 209 Å². The van der Waals surface area contributed by atoms with Crippen molar-refractivity contribution in [2.45, 2.75) is 96.4 Å². The van der Waals surface area contributed by atoms with Crippen molar-refractivity contribution in [3.63, 3.8) is 0 Å². The van der Waals surface area contributed by atoms with Gasteiger partial charge < -0.3 is 15.0 Å². The van der Waals surface area contributed by atoms with Gasteiger partial charge in [0.25, 0.3) is 0 Å². The molecular formula is C27H41ClN2O4. The quantitative estimate of drug-likeness (QED) is 0.246. The van der Waals surface area contributed by atoms with Gasteiger partial charge in [-0.2, -0.15) is 0 Å². The highest BCUT2D eigenvalue weighted by atomic mass is 35.5. The molecule has 6 nitrogen and oxygen atoms in total. The first-order valence-electron chi connectivity index (χ1n) is 13.0. The van der Waals surface area contributed by atoms with E-state index in [0.29, 0.717) is 31.1 Å². The topological polar surface area (TPSA) is 75.7 Å². The van der Waals surface area contributed by atoms with E-state index in [2.05, 4.69) is 12.2 Å². The van der Waals surface area contributed by atoms with Gasteiger partial charge in [0.2, 0.25) is 11.8 Å². The Hall–Kier alpha value is -2.08. The van der Waals surface area contributed by atoms with Crippen LogP contribution in [0.25, 0.3) is 0 Å². The summed E-state index contributed by atoms with van der Waals surface area (Å²) in [4.78, 5) is 39.1. The van der Waals surface area contributed by atoms with E-state index in [9.17, 15) is 14.4 Å². The highest BCUT2D eigenvalue weighted by Crippen LogP contribution is 2.19. The number of esters is 1. The highest BCUT2D eigenvalue weighted by molar-refractivity contribution is 6.31. The lowest BCUT2D eigenvalue weighted by atomic mass is 10.1. The van der Waals surface area contributed by atoms with Crippen molar-refractivity contribution in [3.8, 4) is 0 Å². The molecule has 1 heterocycles. The van der Waals surface area contributed by atoms with Crippen molar-refractivity contribution in [1.29, 1.82) is 0 Å². The lowest BCUT2D eigenvalue weighted by Crippen LogP contribution is -2.57. The second-order valence-electron chi connectivity index (χ2n) is 9.09. The van der Waals surface area contributed by atoms with Crippen LogP contribution in [-0.2, 0) is 25.5 Å². The minimum Gasteiger partial charge on any atom is -0.466 e. The van der Waals surface area contributed by atoms with Gasteiger partial charge in [0, 0.05) is 24.5 Å². The summed E-state index contributed by atoms with van der Waals surface area (Å²) < 4.78 is 5.36. The molecule has 0 spiro atoms. The zero-order chi connectivity index (χ0) is 24.6. The van der Waals surface area contributed by atoms with Gasteiger partial charge >= 0.3 is 5.97 Å². The van der Waals surface area contributed by atoms with Gasteiger partial charge in [-0.05, 0) is 24.5 Å². The normalized spacial score (nSPS) is 15.8. The molecule has 1 unspecified atom stereocenters. The van der Waals surface area contributed by atoms with Crippen LogP contribution in [0.4, 0.5) is 0 Å². The molecule has 190 valence electrons. The van der Waals surface area contributed by atoms with Crippen LogP contribution in [0, 0.1) is 0 Å². The van der Waals surface area contributed by atoms with E-state index in [1.807, 2.05) is 18.2 Å². The van der Waals surface area contributed by atoms with Crippen LogP contribution in [0.15, 0.2) is 24.3 Å². The van der Waals surface area contributed by atoms with Gasteiger partial charge in [0.05, 0.1) is 13.0 Å². The summed E-state index contributed by atoms with van der Waals surface area (Å²) >= 11 is 6.18. The molecule has 7 heteroatoms. The number of carbonyl (C=O) groups is 3. The summed E-state index contributed by atoms with van der Waals surface area (Å²) in [7, 11) is 0. The van der Waals surface area contributed by atoms with Crippen molar-refractivity contribution in [3.05, 3.63) is 34.9 Å². The van der Waals surface area contributed by atoms with E-state index >= 15 is 0 Å².